The summed E-state index contributed by atoms with van der Waals surface area (Å²) in [6, 6.07) is 21.4. The molecule has 130 valence electrons. The number of hydrogen-bond acceptors (Lipinski definition) is 5. The molecule has 0 saturated carbocycles. The van der Waals surface area contributed by atoms with Crippen LogP contribution in [-0.2, 0) is 11.3 Å². The molecule has 0 aliphatic carbocycles. The number of para-hydroxylation sites is 2. The van der Waals surface area contributed by atoms with Crippen LogP contribution in [0.15, 0.2) is 66.7 Å². The number of nitrogens with two attached hydrogens (primary N) is 1. The molecule has 0 fully saturated rings. The summed E-state index contributed by atoms with van der Waals surface area (Å²) < 4.78 is 10.8. The first-order valence-corrected chi connectivity index (χ1v) is 8.27. The van der Waals surface area contributed by atoms with Gasteiger partial charge < -0.3 is 20.1 Å². The lowest BCUT2D eigenvalue weighted by molar-refractivity contribution is 0.0601. The minimum Gasteiger partial charge on any atom is -0.465 e. The number of fused-ring (bicyclic) bond motifs is 2. The number of carbonyl (C=O) groups excluding carboxylic acids is 1. The fourth-order valence-corrected chi connectivity index (χ4v) is 3.11. The van der Waals surface area contributed by atoms with Gasteiger partial charge in [-0.2, -0.15) is 0 Å². The van der Waals surface area contributed by atoms with Gasteiger partial charge in [0.05, 0.1) is 24.0 Å². The van der Waals surface area contributed by atoms with Crippen molar-refractivity contribution in [2.24, 2.45) is 0 Å². The second-order valence-corrected chi connectivity index (χ2v) is 6.04. The van der Waals surface area contributed by atoms with Gasteiger partial charge in [0.25, 0.3) is 0 Å². The number of nitrogens with zero attached hydrogens (tertiary/aromatic N) is 1. The first-order valence-electron chi connectivity index (χ1n) is 8.27. The third-order valence-corrected chi connectivity index (χ3v) is 4.39. The van der Waals surface area contributed by atoms with Crippen molar-refractivity contribution in [1.29, 1.82) is 0 Å². The molecule has 5 nitrogen and oxygen atoms in total. The van der Waals surface area contributed by atoms with Crippen LogP contribution in [-0.4, -0.2) is 13.1 Å². The summed E-state index contributed by atoms with van der Waals surface area (Å²) >= 11 is 0. The van der Waals surface area contributed by atoms with Crippen molar-refractivity contribution in [2.45, 2.75) is 6.54 Å². The summed E-state index contributed by atoms with van der Waals surface area (Å²) in [5.41, 5.74) is 9.70. The highest BCUT2D eigenvalue weighted by atomic mass is 16.5. The molecule has 0 aromatic heterocycles. The number of nitrogen functional groups attached to an aromatic ring is 1. The topological polar surface area (TPSA) is 64.8 Å². The number of esters is 1. The number of benzene rings is 3. The zero-order valence-electron chi connectivity index (χ0n) is 14.3. The van der Waals surface area contributed by atoms with Gasteiger partial charge in [0.2, 0.25) is 0 Å². The molecule has 2 N–H and O–H groups in total. The van der Waals surface area contributed by atoms with E-state index in [0.717, 1.165) is 22.7 Å². The van der Waals surface area contributed by atoms with Crippen molar-refractivity contribution in [2.75, 3.05) is 17.7 Å². The van der Waals surface area contributed by atoms with Crippen LogP contribution in [0.1, 0.15) is 15.9 Å². The van der Waals surface area contributed by atoms with E-state index in [0.29, 0.717) is 23.5 Å². The lowest BCUT2D eigenvalue weighted by atomic mass is 10.1. The van der Waals surface area contributed by atoms with E-state index in [-0.39, 0.29) is 0 Å². The predicted octanol–water partition coefficient (Wildman–Crippen LogP) is 4.50. The zero-order chi connectivity index (χ0) is 18.1. The lowest BCUT2D eigenvalue weighted by Crippen LogP contribution is -2.21. The summed E-state index contributed by atoms with van der Waals surface area (Å²) in [5.74, 6) is 0.827. The van der Waals surface area contributed by atoms with Crippen LogP contribution in [0.25, 0.3) is 0 Å². The second kappa shape index (κ2) is 6.44. The third-order valence-electron chi connectivity index (χ3n) is 4.39. The Morgan fingerprint density at radius 2 is 1.73 bits per heavy atom. The van der Waals surface area contributed by atoms with Gasteiger partial charge in [-0.25, -0.2) is 4.79 Å². The fraction of sp³-hybridized carbons (Fsp3) is 0.0952. The number of rotatable bonds is 3. The van der Waals surface area contributed by atoms with Crippen LogP contribution in [0.3, 0.4) is 0 Å². The monoisotopic (exact) mass is 346 g/mol. The summed E-state index contributed by atoms with van der Waals surface area (Å²) in [7, 11) is 1.33. The molecule has 5 heteroatoms. The minimum atomic E-state index is -0.484. The van der Waals surface area contributed by atoms with Crippen molar-refractivity contribution in [3.63, 3.8) is 0 Å². The van der Waals surface area contributed by atoms with Crippen molar-refractivity contribution in [3.8, 4) is 11.5 Å². The molecular weight excluding hydrogens is 328 g/mol. The van der Waals surface area contributed by atoms with Crippen molar-refractivity contribution < 1.29 is 14.3 Å². The number of carbonyl (C=O) groups is 1. The Bertz CT molecular complexity index is 970. The Balaban J connectivity index is 1.84. The molecule has 0 bridgehead atoms. The smallest absolute Gasteiger partial charge is 0.340 e. The van der Waals surface area contributed by atoms with Gasteiger partial charge in [-0.3, -0.25) is 0 Å². The van der Waals surface area contributed by atoms with Gasteiger partial charge in [-0.15, -0.1) is 0 Å². The number of anilines is 3. The molecule has 3 aromatic carbocycles. The number of ether oxygens (including phenoxy) is 2. The van der Waals surface area contributed by atoms with Gasteiger partial charge in [-0.1, -0.05) is 42.5 Å². The second-order valence-electron chi connectivity index (χ2n) is 6.04. The highest BCUT2D eigenvalue weighted by Crippen LogP contribution is 2.48. The van der Waals surface area contributed by atoms with Crippen molar-refractivity contribution in [1.82, 2.24) is 0 Å². The molecule has 26 heavy (non-hydrogen) atoms. The Labute approximate surface area is 151 Å². The molecule has 0 spiro atoms. The van der Waals surface area contributed by atoms with E-state index >= 15 is 0 Å². The van der Waals surface area contributed by atoms with E-state index < -0.39 is 5.97 Å². The van der Waals surface area contributed by atoms with E-state index in [1.165, 1.54) is 7.11 Å². The number of hydrogen-bond donors (Lipinski definition) is 1. The largest absolute Gasteiger partial charge is 0.465 e. The highest BCUT2D eigenvalue weighted by Gasteiger charge is 2.27. The fourth-order valence-electron chi connectivity index (χ4n) is 3.11. The SMILES string of the molecule is COC(=O)c1cc2c(cc1N)N(Cc1ccccc1)c1ccccc1O2. The van der Waals surface area contributed by atoms with Crippen molar-refractivity contribution >= 4 is 23.0 Å². The van der Waals surface area contributed by atoms with E-state index in [4.69, 9.17) is 15.2 Å². The van der Waals surface area contributed by atoms with E-state index in [2.05, 4.69) is 17.0 Å². The molecule has 0 amide bonds. The molecule has 4 rings (SSSR count). The van der Waals surface area contributed by atoms with Crippen molar-refractivity contribution in [3.05, 3.63) is 77.9 Å². The molecule has 1 heterocycles. The minimum absolute atomic E-state index is 0.297. The van der Waals surface area contributed by atoms with Crippen LogP contribution in [0.2, 0.25) is 0 Å². The maximum atomic E-state index is 12.0. The highest BCUT2D eigenvalue weighted by molar-refractivity contribution is 5.98. The standard InChI is InChI=1S/C21H18N2O3/c1-25-21(24)15-11-20-18(12-16(15)22)23(13-14-7-3-2-4-8-14)17-9-5-6-10-19(17)26-20/h2-12H,13,22H2,1H3. The van der Waals surface area contributed by atoms with E-state index in [1.807, 2.05) is 42.5 Å². The van der Waals surface area contributed by atoms with E-state index in [9.17, 15) is 4.79 Å². The third kappa shape index (κ3) is 2.73. The summed E-state index contributed by atoms with van der Waals surface area (Å²) in [5, 5.41) is 0. The van der Waals surface area contributed by atoms with Gasteiger partial charge >= 0.3 is 5.97 Å². The van der Waals surface area contributed by atoms with Gasteiger partial charge in [0.15, 0.2) is 11.5 Å². The number of methoxy groups -OCH3 is 1. The summed E-state index contributed by atoms with van der Waals surface area (Å²) in [6.45, 7) is 0.658. The Morgan fingerprint density at radius 1 is 1.00 bits per heavy atom. The van der Waals surface area contributed by atoms with Crippen LogP contribution < -0.4 is 15.4 Å². The molecule has 0 radical (unpaired) electrons. The molecule has 1 aliphatic rings. The van der Waals surface area contributed by atoms with Crippen LogP contribution in [0.4, 0.5) is 17.1 Å². The van der Waals surface area contributed by atoms with Gasteiger partial charge in [0.1, 0.15) is 0 Å². The quantitative estimate of drug-likeness (QED) is 0.559. The molecule has 0 saturated heterocycles. The predicted molar refractivity (Wildman–Crippen MR) is 101 cm³/mol. The first kappa shape index (κ1) is 16.0. The molecular formula is C21H18N2O3. The average molecular weight is 346 g/mol. The van der Waals surface area contributed by atoms with Gasteiger partial charge in [-0.05, 0) is 29.8 Å². The maximum Gasteiger partial charge on any atom is 0.340 e. The summed E-state index contributed by atoms with van der Waals surface area (Å²) in [6.07, 6.45) is 0. The van der Waals surface area contributed by atoms with Crippen LogP contribution >= 0.6 is 0 Å². The molecule has 1 aliphatic heterocycles. The van der Waals surface area contributed by atoms with Crippen LogP contribution in [0, 0.1) is 0 Å². The zero-order valence-corrected chi connectivity index (χ0v) is 14.3. The maximum absolute atomic E-state index is 12.0. The molecule has 3 aromatic rings. The normalized spacial score (nSPS) is 12.0. The lowest BCUT2D eigenvalue weighted by Gasteiger charge is -2.33. The Morgan fingerprint density at radius 3 is 2.50 bits per heavy atom. The summed E-state index contributed by atoms with van der Waals surface area (Å²) in [4.78, 5) is 14.1. The Kier molecular flexibility index (Phi) is 3.97. The molecule has 0 unspecified atom stereocenters. The Hall–Kier alpha value is -3.47. The van der Waals surface area contributed by atoms with Gasteiger partial charge in [0, 0.05) is 12.2 Å². The van der Waals surface area contributed by atoms with E-state index in [1.54, 1.807) is 12.1 Å². The van der Waals surface area contributed by atoms with Crippen LogP contribution in [0.5, 0.6) is 11.5 Å². The first-order chi connectivity index (χ1) is 12.7. The molecule has 0 atom stereocenters. The average Bonchev–Trinajstić information content (AvgIpc) is 2.68.